The van der Waals surface area contributed by atoms with Gasteiger partial charge in [0, 0.05) is 23.7 Å². The minimum Gasteiger partial charge on any atom is -0.490 e. The van der Waals surface area contributed by atoms with Gasteiger partial charge < -0.3 is 19.9 Å². The topological polar surface area (TPSA) is 50.7 Å². The molecule has 0 aliphatic heterocycles. The first kappa shape index (κ1) is 19.9. The van der Waals surface area contributed by atoms with Gasteiger partial charge in [-0.3, -0.25) is 0 Å². The molecule has 2 aromatic rings. The average Bonchev–Trinajstić information content (AvgIpc) is 2.55. The fraction of sp³-hybridized carbons (Fsp3) is 0.368. The maximum Gasteiger partial charge on any atom is 0.180 e. The fourth-order valence-electron chi connectivity index (χ4n) is 2.32. The molecule has 25 heavy (non-hydrogen) atoms. The Morgan fingerprint density at radius 3 is 2.56 bits per heavy atom. The molecule has 0 aromatic heterocycles. The first-order valence-electron chi connectivity index (χ1n) is 8.21. The van der Waals surface area contributed by atoms with Crippen molar-refractivity contribution in [3.8, 4) is 11.5 Å². The lowest BCUT2D eigenvalue weighted by Gasteiger charge is -2.16. The van der Waals surface area contributed by atoms with Crippen molar-refractivity contribution >= 4 is 23.2 Å². The summed E-state index contributed by atoms with van der Waals surface area (Å²) in [5, 5.41) is 13.6. The Morgan fingerprint density at radius 1 is 1.12 bits per heavy atom. The van der Waals surface area contributed by atoms with Crippen LogP contribution in [0.2, 0.25) is 10.0 Å². The Bertz CT molecular complexity index is 692. The number of halogens is 2. The molecule has 0 fully saturated rings. The summed E-state index contributed by atoms with van der Waals surface area (Å²) in [7, 11) is 0. The minimum atomic E-state index is -0.403. The van der Waals surface area contributed by atoms with Crippen LogP contribution in [0.25, 0.3) is 0 Å². The molecule has 2 N–H and O–H groups in total. The van der Waals surface area contributed by atoms with Gasteiger partial charge in [0.05, 0.1) is 17.7 Å². The molecular weight excluding hydrogens is 361 g/mol. The van der Waals surface area contributed by atoms with Crippen LogP contribution in [0, 0.1) is 0 Å². The van der Waals surface area contributed by atoms with E-state index in [9.17, 15) is 5.11 Å². The highest BCUT2D eigenvalue weighted by Gasteiger charge is 2.13. The molecular formula is C19H23Cl2NO3. The number of aliphatic hydroxyl groups is 1. The highest BCUT2D eigenvalue weighted by Crippen LogP contribution is 2.37. The summed E-state index contributed by atoms with van der Waals surface area (Å²) in [5.74, 6) is 1.10. The molecule has 0 amide bonds. The molecule has 0 saturated carbocycles. The van der Waals surface area contributed by atoms with Crippen molar-refractivity contribution in [2.45, 2.75) is 33.1 Å². The molecule has 0 saturated heterocycles. The number of hydrogen-bond acceptors (Lipinski definition) is 4. The second-order valence-electron chi connectivity index (χ2n) is 5.70. The lowest BCUT2D eigenvalue weighted by molar-refractivity contribution is 0.191. The lowest BCUT2D eigenvalue weighted by Crippen LogP contribution is -2.23. The summed E-state index contributed by atoms with van der Waals surface area (Å²) in [6.45, 7) is 5.53. The van der Waals surface area contributed by atoms with Gasteiger partial charge in [0.1, 0.15) is 6.61 Å². The molecule has 0 heterocycles. The van der Waals surface area contributed by atoms with Gasteiger partial charge >= 0.3 is 0 Å². The van der Waals surface area contributed by atoms with Gasteiger partial charge in [-0.2, -0.15) is 0 Å². The van der Waals surface area contributed by atoms with E-state index in [1.807, 2.05) is 43.3 Å². The van der Waals surface area contributed by atoms with E-state index in [0.29, 0.717) is 47.8 Å². The van der Waals surface area contributed by atoms with E-state index in [1.54, 1.807) is 6.92 Å². The normalized spacial score (nSPS) is 12.0. The van der Waals surface area contributed by atoms with E-state index in [-0.39, 0.29) is 0 Å². The van der Waals surface area contributed by atoms with Gasteiger partial charge in [-0.1, -0.05) is 41.4 Å². The van der Waals surface area contributed by atoms with Gasteiger partial charge in [0.15, 0.2) is 11.5 Å². The Labute approximate surface area is 158 Å². The van der Waals surface area contributed by atoms with Crippen LogP contribution in [0.15, 0.2) is 36.4 Å². The van der Waals surface area contributed by atoms with E-state index in [2.05, 4.69) is 5.32 Å². The molecule has 0 aliphatic carbocycles. The number of benzene rings is 2. The molecule has 6 heteroatoms. The highest BCUT2D eigenvalue weighted by atomic mass is 35.5. The molecule has 1 atom stereocenters. The maximum atomic E-state index is 9.32. The third kappa shape index (κ3) is 6.08. The van der Waals surface area contributed by atoms with Crippen molar-refractivity contribution in [2.75, 3.05) is 13.2 Å². The van der Waals surface area contributed by atoms with E-state index in [4.69, 9.17) is 32.7 Å². The summed E-state index contributed by atoms with van der Waals surface area (Å²) in [6.07, 6.45) is -0.403. The minimum absolute atomic E-state index is 0.305. The van der Waals surface area contributed by atoms with Gasteiger partial charge in [-0.15, -0.1) is 0 Å². The molecule has 0 unspecified atom stereocenters. The van der Waals surface area contributed by atoms with Crippen LogP contribution in [-0.4, -0.2) is 24.4 Å². The zero-order valence-corrected chi connectivity index (χ0v) is 15.9. The molecule has 4 nitrogen and oxygen atoms in total. The second-order valence-corrected chi connectivity index (χ2v) is 6.51. The molecule has 0 bridgehead atoms. The van der Waals surface area contributed by atoms with E-state index in [1.165, 1.54) is 0 Å². The van der Waals surface area contributed by atoms with Crippen molar-refractivity contribution in [3.05, 3.63) is 57.6 Å². The van der Waals surface area contributed by atoms with Crippen LogP contribution >= 0.6 is 23.2 Å². The molecule has 136 valence electrons. The number of aliphatic hydroxyl groups excluding tert-OH is 1. The summed E-state index contributed by atoms with van der Waals surface area (Å²) in [4.78, 5) is 0. The number of ether oxygens (including phenoxy) is 2. The zero-order chi connectivity index (χ0) is 18.2. The first-order chi connectivity index (χ1) is 12.0. The molecule has 0 aliphatic rings. The van der Waals surface area contributed by atoms with E-state index < -0.39 is 6.10 Å². The standard InChI is InChI=1S/C19H23Cl2NO3/c1-3-24-18-9-14(11-22-10-13(2)23)8-17(21)19(18)25-12-15-6-4-5-7-16(15)20/h4-9,13,22-23H,3,10-12H2,1-2H3/t13-/m1/s1. The predicted molar refractivity (Wildman–Crippen MR) is 102 cm³/mol. The largest absolute Gasteiger partial charge is 0.490 e. The predicted octanol–water partition coefficient (Wildman–Crippen LogP) is 4.44. The molecule has 0 spiro atoms. The van der Waals surface area contributed by atoms with Crippen molar-refractivity contribution in [3.63, 3.8) is 0 Å². The van der Waals surface area contributed by atoms with E-state index in [0.717, 1.165) is 11.1 Å². The molecule has 0 radical (unpaired) electrons. The Hall–Kier alpha value is -1.46. The van der Waals surface area contributed by atoms with Crippen molar-refractivity contribution in [2.24, 2.45) is 0 Å². The Morgan fingerprint density at radius 2 is 1.88 bits per heavy atom. The summed E-state index contributed by atoms with van der Waals surface area (Å²) in [6, 6.07) is 11.2. The van der Waals surface area contributed by atoms with Crippen molar-refractivity contribution < 1.29 is 14.6 Å². The van der Waals surface area contributed by atoms with E-state index >= 15 is 0 Å². The third-order valence-corrected chi connectivity index (χ3v) is 4.12. The van der Waals surface area contributed by atoms with Crippen LogP contribution in [0.1, 0.15) is 25.0 Å². The quantitative estimate of drug-likeness (QED) is 0.671. The van der Waals surface area contributed by atoms with Gasteiger partial charge in [-0.25, -0.2) is 0 Å². The number of hydrogen-bond donors (Lipinski definition) is 2. The number of rotatable bonds is 9. The second kappa shape index (κ2) is 9.88. The van der Waals surface area contributed by atoms with Crippen LogP contribution < -0.4 is 14.8 Å². The Balaban J connectivity index is 2.14. The maximum absolute atomic E-state index is 9.32. The van der Waals surface area contributed by atoms with Crippen LogP contribution in [0.4, 0.5) is 0 Å². The van der Waals surface area contributed by atoms with Crippen LogP contribution in [-0.2, 0) is 13.2 Å². The smallest absolute Gasteiger partial charge is 0.180 e. The van der Waals surface area contributed by atoms with Gasteiger partial charge in [0.2, 0.25) is 0 Å². The Kier molecular flexibility index (Phi) is 7.85. The zero-order valence-electron chi connectivity index (χ0n) is 14.4. The van der Waals surface area contributed by atoms with Crippen molar-refractivity contribution in [1.82, 2.24) is 5.32 Å². The summed E-state index contributed by atoms with van der Waals surface area (Å²) >= 11 is 12.6. The average molecular weight is 384 g/mol. The van der Waals surface area contributed by atoms with Gasteiger partial charge in [0.25, 0.3) is 0 Å². The highest BCUT2D eigenvalue weighted by molar-refractivity contribution is 6.32. The number of nitrogens with one attached hydrogen (secondary N) is 1. The summed E-state index contributed by atoms with van der Waals surface area (Å²) in [5.41, 5.74) is 1.84. The van der Waals surface area contributed by atoms with Gasteiger partial charge in [-0.05, 0) is 37.6 Å². The summed E-state index contributed by atoms with van der Waals surface area (Å²) < 4.78 is 11.6. The third-order valence-electron chi connectivity index (χ3n) is 3.47. The monoisotopic (exact) mass is 383 g/mol. The molecule has 2 rings (SSSR count). The van der Waals surface area contributed by atoms with Crippen molar-refractivity contribution in [1.29, 1.82) is 0 Å². The lowest BCUT2D eigenvalue weighted by atomic mass is 10.2. The first-order valence-corrected chi connectivity index (χ1v) is 8.97. The fourth-order valence-corrected chi connectivity index (χ4v) is 2.80. The molecule has 2 aromatic carbocycles. The van der Waals surface area contributed by atoms with Crippen LogP contribution in [0.3, 0.4) is 0 Å². The SMILES string of the molecule is CCOc1cc(CNC[C@@H](C)O)cc(Cl)c1OCc1ccccc1Cl. The van der Waals surface area contributed by atoms with Crippen LogP contribution in [0.5, 0.6) is 11.5 Å².